The number of rotatable bonds is 19. The van der Waals surface area contributed by atoms with Gasteiger partial charge >= 0.3 is 0 Å². The van der Waals surface area contributed by atoms with Crippen LogP contribution in [0.3, 0.4) is 0 Å². The molecule has 0 bridgehead atoms. The minimum absolute atomic E-state index is 0.0174. The standard InChI is InChI=1S/C25H49NO/c1-7-9-10-11-12-13-14-15-16-17-18-19-20-21-25(5,6)26-23(8-2)24(27)22(3)4/h23,26H,3,7-21H2,1-2,4-6H3. The van der Waals surface area contributed by atoms with Gasteiger partial charge in [-0.05, 0) is 39.2 Å². The molecule has 0 fully saturated rings. The Hall–Kier alpha value is -0.630. The molecular formula is C25H49NO. The van der Waals surface area contributed by atoms with E-state index in [4.69, 9.17) is 0 Å². The summed E-state index contributed by atoms with van der Waals surface area (Å²) in [6, 6.07) is -0.0838. The van der Waals surface area contributed by atoms with Crippen molar-refractivity contribution >= 4 is 5.78 Å². The lowest BCUT2D eigenvalue weighted by Crippen LogP contribution is -2.49. The van der Waals surface area contributed by atoms with E-state index >= 15 is 0 Å². The summed E-state index contributed by atoms with van der Waals surface area (Å²) in [4.78, 5) is 12.2. The minimum Gasteiger partial charge on any atom is -0.302 e. The molecular weight excluding hydrogens is 330 g/mol. The van der Waals surface area contributed by atoms with Gasteiger partial charge in [0.05, 0.1) is 6.04 Å². The molecule has 1 N–H and O–H groups in total. The maximum absolute atomic E-state index is 12.2. The predicted molar refractivity (Wildman–Crippen MR) is 121 cm³/mol. The van der Waals surface area contributed by atoms with Crippen molar-refractivity contribution in [2.45, 2.75) is 143 Å². The Morgan fingerprint density at radius 2 is 1.22 bits per heavy atom. The summed E-state index contributed by atoms with van der Waals surface area (Å²) >= 11 is 0. The van der Waals surface area contributed by atoms with E-state index < -0.39 is 0 Å². The van der Waals surface area contributed by atoms with Gasteiger partial charge in [0, 0.05) is 5.54 Å². The lowest BCUT2D eigenvalue weighted by Gasteiger charge is -2.31. The Morgan fingerprint density at radius 3 is 1.59 bits per heavy atom. The molecule has 1 unspecified atom stereocenters. The number of unbranched alkanes of at least 4 members (excludes halogenated alkanes) is 12. The molecule has 160 valence electrons. The van der Waals surface area contributed by atoms with Crippen molar-refractivity contribution in [1.82, 2.24) is 5.32 Å². The predicted octanol–water partition coefficient (Wildman–Crippen LogP) is 7.76. The zero-order chi connectivity index (χ0) is 20.5. The van der Waals surface area contributed by atoms with Crippen LogP contribution in [0.5, 0.6) is 0 Å². The van der Waals surface area contributed by atoms with Crippen LogP contribution in [0.1, 0.15) is 131 Å². The second-order valence-corrected chi connectivity index (χ2v) is 9.13. The highest BCUT2D eigenvalue weighted by atomic mass is 16.1. The van der Waals surface area contributed by atoms with Gasteiger partial charge in [-0.2, -0.15) is 0 Å². The van der Waals surface area contributed by atoms with Crippen molar-refractivity contribution < 1.29 is 4.79 Å². The van der Waals surface area contributed by atoms with Gasteiger partial charge in [0.1, 0.15) is 0 Å². The van der Waals surface area contributed by atoms with Crippen LogP contribution in [0.15, 0.2) is 12.2 Å². The smallest absolute Gasteiger partial charge is 0.174 e. The van der Waals surface area contributed by atoms with Crippen molar-refractivity contribution in [2.24, 2.45) is 0 Å². The summed E-state index contributed by atoms with van der Waals surface area (Å²) in [5.74, 6) is 0.163. The lowest BCUT2D eigenvalue weighted by molar-refractivity contribution is -0.118. The summed E-state index contributed by atoms with van der Waals surface area (Å²) < 4.78 is 0. The molecule has 1 atom stereocenters. The van der Waals surface area contributed by atoms with Crippen LogP contribution in [-0.4, -0.2) is 17.4 Å². The molecule has 0 heterocycles. The highest BCUT2D eigenvalue weighted by Crippen LogP contribution is 2.18. The average Bonchev–Trinajstić information content (AvgIpc) is 2.62. The Kier molecular flexibility index (Phi) is 16.0. The molecule has 0 saturated heterocycles. The Morgan fingerprint density at radius 1 is 0.815 bits per heavy atom. The van der Waals surface area contributed by atoms with E-state index in [9.17, 15) is 4.79 Å². The van der Waals surface area contributed by atoms with Gasteiger partial charge in [0.2, 0.25) is 0 Å². The van der Waals surface area contributed by atoms with E-state index in [1.54, 1.807) is 0 Å². The SMILES string of the molecule is C=C(C)C(=O)C(CC)NC(C)(C)CCCCCCCCCCCCCCC. The lowest BCUT2D eigenvalue weighted by atomic mass is 9.93. The van der Waals surface area contributed by atoms with Gasteiger partial charge < -0.3 is 5.32 Å². The molecule has 0 rings (SSSR count). The van der Waals surface area contributed by atoms with Gasteiger partial charge in [-0.3, -0.25) is 4.79 Å². The molecule has 0 aromatic rings. The first-order valence-electron chi connectivity index (χ1n) is 11.8. The van der Waals surface area contributed by atoms with Crippen molar-refractivity contribution in [3.63, 3.8) is 0 Å². The maximum Gasteiger partial charge on any atom is 0.174 e. The fourth-order valence-electron chi connectivity index (χ4n) is 3.78. The van der Waals surface area contributed by atoms with Crippen LogP contribution in [-0.2, 0) is 4.79 Å². The fourth-order valence-corrected chi connectivity index (χ4v) is 3.78. The van der Waals surface area contributed by atoms with E-state index in [1.807, 2.05) is 6.92 Å². The van der Waals surface area contributed by atoms with Crippen molar-refractivity contribution in [3.8, 4) is 0 Å². The summed E-state index contributed by atoms with van der Waals surface area (Å²) in [5, 5.41) is 3.56. The minimum atomic E-state index is -0.0838. The van der Waals surface area contributed by atoms with Gasteiger partial charge in [-0.1, -0.05) is 104 Å². The van der Waals surface area contributed by atoms with Crippen LogP contribution < -0.4 is 5.32 Å². The topological polar surface area (TPSA) is 29.1 Å². The highest BCUT2D eigenvalue weighted by Gasteiger charge is 2.25. The van der Waals surface area contributed by atoms with Gasteiger partial charge in [-0.25, -0.2) is 0 Å². The van der Waals surface area contributed by atoms with Crippen molar-refractivity contribution in [1.29, 1.82) is 0 Å². The van der Waals surface area contributed by atoms with Crippen molar-refractivity contribution in [2.75, 3.05) is 0 Å². The third kappa shape index (κ3) is 15.0. The Balaban J connectivity index is 3.65. The molecule has 0 aliphatic heterocycles. The zero-order valence-electron chi connectivity index (χ0n) is 19.3. The third-order valence-electron chi connectivity index (χ3n) is 5.62. The van der Waals surface area contributed by atoms with Gasteiger partial charge in [0.25, 0.3) is 0 Å². The Bertz CT molecular complexity index is 386. The van der Waals surface area contributed by atoms with E-state index in [0.717, 1.165) is 12.8 Å². The summed E-state index contributed by atoms with van der Waals surface area (Å²) in [5.41, 5.74) is 0.676. The van der Waals surface area contributed by atoms with Crippen LogP contribution in [0.4, 0.5) is 0 Å². The van der Waals surface area contributed by atoms with E-state index in [0.29, 0.717) is 5.57 Å². The first kappa shape index (κ1) is 26.4. The van der Waals surface area contributed by atoms with Crippen molar-refractivity contribution in [3.05, 3.63) is 12.2 Å². The number of hydrogen-bond acceptors (Lipinski definition) is 2. The molecule has 0 saturated carbocycles. The number of ketones is 1. The zero-order valence-corrected chi connectivity index (χ0v) is 19.3. The number of nitrogens with one attached hydrogen (secondary N) is 1. The number of carbonyl (C=O) groups excluding carboxylic acids is 1. The quantitative estimate of drug-likeness (QED) is 0.183. The molecule has 0 spiro atoms. The third-order valence-corrected chi connectivity index (χ3v) is 5.62. The van der Waals surface area contributed by atoms with Crippen LogP contribution >= 0.6 is 0 Å². The summed E-state index contributed by atoms with van der Waals surface area (Å²) in [6.45, 7) is 14.4. The monoisotopic (exact) mass is 379 g/mol. The molecule has 0 radical (unpaired) electrons. The largest absolute Gasteiger partial charge is 0.302 e. The number of carbonyl (C=O) groups is 1. The normalized spacial score (nSPS) is 12.9. The number of Topliss-reactive ketones (excluding diaryl/α,β-unsaturated/α-hetero) is 1. The van der Waals surface area contributed by atoms with Crippen LogP contribution in [0.25, 0.3) is 0 Å². The fraction of sp³-hybridized carbons (Fsp3) is 0.880. The molecule has 0 aromatic heterocycles. The van der Waals surface area contributed by atoms with E-state index in [1.165, 1.54) is 83.5 Å². The van der Waals surface area contributed by atoms with Crippen LogP contribution in [0.2, 0.25) is 0 Å². The molecule has 0 aliphatic rings. The van der Waals surface area contributed by atoms with Gasteiger partial charge in [-0.15, -0.1) is 0 Å². The number of hydrogen-bond donors (Lipinski definition) is 1. The maximum atomic E-state index is 12.2. The Labute approximate surface area is 171 Å². The molecule has 0 aromatic carbocycles. The van der Waals surface area contributed by atoms with E-state index in [2.05, 4.69) is 39.6 Å². The summed E-state index contributed by atoms with van der Waals surface area (Å²) in [7, 11) is 0. The van der Waals surface area contributed by atoms with Gasteiger partial charge in [0.15, 0.2) is 5.78 Å². The average molecular weight is 380 g/mol. The molecule has 0 aliphatic carbocycles. The first-order valence-corrected chi connectivity index (χ1v) is 11.8. The van der Waals surface area contributed by atoms with Crippen LogP contribution in [0, 0.1) is 0 Å². The molecule has 2 nitrogen and oxygen atoms in total. The molecule has 27 heavy (non-hydrogen) atoms. The molecule has 2 heteroatoms. The molecule has 0 amide bonds. The van der Waals surface area contributed by atoms with E-state index in [-0.39, 0.29) is 17.4 Å². The second-order valence-electron chi connectivity index (χ2n) is 9.13. The first-order chi connectivity index (χ1) is 12.8. The highest BCUT2D eigenvalue weighted by molar-refractivity contribution is 5.98. The summed E-state index contributed by atoms with van der Waals surface area (Å²) in [6.07, 6.45) is 20.0. The second kappa shape index (κ2) is 16.3.